The first-order valence-corrected chi connectivity index (χ1v) is 6.67. The molecule has 1 aliphatic rings. The van der Waals surface area contributed by atoms with E-state index in [1.165, 1.54) is 19.3 Å². The molecule has 0 spiro atoms. The number of rotatable bonds is 3. The molecule has 2 unspecified atom stereocenters. The van der Waals surface area contributed by atoms with Gasteiger partial charge in [-0.05, 0) is 42.5 Å². The minimum absolute atomic E-state index is 0.333. The van der Waals surface area contributed by atoms with Crippen LogP contribution < -0.4 is 5.32 Å². The molecule has 1 fully saturated rings. The number of hydrogen-bond donors (Lipinski definition) is 2. The Morgan fingerprint density at radius 2 is 2.25 bits per heavy atom. The van der Waals surface area contributed by atoms with E-state index >= 15 is 0 Å². The van der Waals surface area contributed by atoms with Crippen LogP contribution in [0, 0.1) is 5.92 Å². The molecule has 0 bridgehead atoms. The van der Waals surface area contributed by atoms with E-state index < -0.39 is 0 Å². The van der Waals surface area contributed by atoms with Gasteiger partial charge in [0.25, 0.3) is 0 Å². The molecule has 2 rings (SSSR count). The van der Waals surface area contributed by atoms with Crippen LogP contribution in [0.4, 0.5) is 0 Å². The first-order chi connectivity index (χ1) is 7.66. The normalized spacial score (nSPS) is 24.9. The molecule has 0 aromatic heterocycles. The van der Waals surface area contributed by atoms with E-state index in [0.717, 1.165) is 22.5 Å². The summed E-state index contributed by atoms with van der Waals surface area (Å²) in [6, 6.07) is 6.04. The highest BCUT2D eigenvalue weighted by molar-refractivity contribution is 9.10. The van der Waals surface area contributed by atoms with E-state index in [1.54, 1.807) is 6.07 Å². The average molecular weight is 284 g/mol. The number of halogens is 1. The fourth-order valence-electron chi connectivity index (χ4n) is 2.39. The van der Waals surface area contributed by atoms with Crippen molar-refractivity contribution in [2.24, 2.45) is 5.92 Å². The van der Waals surface area contributed by atoms with Crippen molar-refractivity contribution >= 4 is 15.9 Å². The monoisotopic (exact) mass is 283 g/mol. The fourth-order valence-corrected chi connectivity index (χ4v) is 2.77. The maximum Gasteiger partial charge on any atom is 0.115 e. The third kappa shape index (κ3) is 2.77. The minimum atomic E-state index is 0.333. The number of benzene rings is 1. The first kappa shape index (κ1) is 11.9. The van der Waals surface area contributed by atoms with E-state index in [2.05, 4.69) is 28.2 Å². The Balaban J connectivity index is 1.96. The summed E-state index contributed by atoms with van der Waals surface area (Å²) in [5, 5.41) is 13.0. The molecule has 2 nitrogen and oxygen atoms in total. The maximum absolute atomic E-state index is 9.43. The Morgan fingerprint density at radius 3 is 2.94 bits per heavy atom. The number of phenolic OH excluding ortho intramolecular Hbond substituents is 1. The summed E-state index contributed by atoms with van der Waals surface area (Å²) in [5.74, 6) is 1.11. The largest absolute Gasteiger partial charge is 0.508 e. The highest BCUT2D eigenvalue weighted by Gasteiger charge is 2.22. The molecule has 16 heavy (non-hydrogen) atoms. The van der Waals surface area contributed by atoms with Crippen molar-refractivity contribution in [3.8, 4) is 5.75 Å². The molecule has 1 aromatic carbocycles. The number of nitrogens with one attached hydrogen (secondary N) is 1. The molecule has 88 valence electrons. The van der Waals surface area contributed by atoms with Gasteiger partial charge in [0.2, 0.25) is 0 Å². The molecule has 0 amide bonds. The van der Waals surface area contributed by atoms with Gasteiger partial charge in [0.1, 0.15) is 5.75 Å². The second kappa shape index (κ2) is 5.19. The van der Waals surface area contributed by atoms with Gasteiger partial charge >= 0.3 is 0 Å². The predicted molar refractivity (Wildman–Crippen MR) is 69.4 cm³/mol. The van der Waals surface area contributed by atoms with Crippen LogP contribution in [-0.2, 0) is 6.54 Å². The number of phenols is 1. The Kier molecular flexibility index (Phi) is 3.87. The van der Waals surface area contributed by atoms with Crippen molar-refractivity contribution in [2.75, 3.05) is 0 Å². The Hall–Kier alpha value is -0.540. The molecule has 1 aromatic rings. The lowest BCUT2D eigenvalue weighted by atomic mass is 10.1. The van der Waals surface area contributed by atoms with Crippen LogP contribution in [0.2, 0.25) is 0 Å². The Labute approximate surface area is 105 Å². The van der Waals surface area contributed by atoms with Crippen LogP contribution in [0.15, 0.2) is 22.7 Å². The standard InChI is InChI=1S/C13H18BrNO/c1-9-3-2-4-13(9)15-8-10-7-11(16)5-6-12(10)14/h5-7,9,13,15-16H,2-4,8H2,1H3. The van der Waals surface area contributed by atoms with Crippen molar-refractivity contribution in [1.29, 1.82) is 0 Å². The van der Waals surface area contributed by atoms with Crippen molar-refractivity contribution < 1.29 is 5.11 Å². The average Bonchev–Trinajstić information content (AvgIpc) is 2.66. The summed E-state index contributed by atoms with van der Waals surface area (Å²) in [6.07, 6.45) is 3.94. The smallest absolute Gasteiger partial charge is 0.115 e. The topological polar surface area (TPSA) is 32.3 Å². The van der Waals surface area contributed by atoms with Gasteiger partial charge in [-0.25, -0.2) is 0 Å². The van der Waals surface area contributed by atoms with Crippen LogP contribution in [0.25, 0.3) is 0 Å². The maximum atomic E-state index is 9.43. The molecule has 2 atom stereocenters. The summed E-state index contributed by atoms with van der Waals surface area (Å²) < 4.78 is 1.06. The second-order valence-electron chi connectivity index (χ2n) is 4.67. The molecular formula is C13H18BrNO. The van der Waals surface area contributed by atoms with E-state index in [0.29, 0.717) is 11.8 Å². The molecule has 1 aliphatic carbocycles. The Morgan fingerprint density at radius 1 is 1.44 bits per heavy atom. The number of hydrogen-bond acceptors (Lipinski definition) is 2. The third-order valence-corrected chi connectivity index (χ3v) is 4.22. The summed E-state index contributed by atoms with van der Waals surface area (Å²) in [7, 11) is 0. The zero-order valence-electron chi connectivity index (χ0n) is 9.54. The summed E-state index contributed by atoms with van der Waals surface area (Å²) in [4.78, 5) is 0. The zero-order valence-corrected chi connectivity index (χ0v) is 11.1. The van der Waals surface area contributed by atoms with Gasteiger partial charge in [-0.3, -0.25) is 0 Å². The molecule has 0 radical (unpaired) electrons. The first-order valence-electron chi connectivity index (χ1n) is 5.87. The highest BCUT2D eigenvalue weighted by atomic mass is 79.9. The number of aromatic hydroxyl groups is 1. The lowest BCUT2D eigenvalue weighted by Crippen LogP contribution is -2.30. The van der Waals surface area contributed by atoms with Crippen molar-refractivity contribution in [1.82, 2.24) is 5.32 Å². The van der Waals surface area contributed by atoms with Gasteiger partial charge in [0.05, 0.1) is 0 Å². The van der Waals surface area contributed by atoms with Gasteiger partial charge in [-0.15, -0.1) is 0 Å². The molecule has 1 saturated carbocycles. The SMILES string of the molecule is CC1CCCC1NCc1cc(O)ccc1Br. The predicted octanol–water partition coefficient (Wildman–Crippen LogP) is 3.43. The van der Waals surface area contributed by atoms with E-state index in [-0.39, 0.29) is 0 Å². The lowest BCUT2D eigenvalue weighted by Gasteiger charge is -2.17. The highest BCUT2D eigenvalue weighted by Crippen LogP contribution is 2.26. The van der Waals surface area contributed by atoms with E-state index in [9.17, 15) is 5.11 Å². The second-order valence-corrected chi connectivity index (χ2v) is 5.53. The van der Waals surface area contributed by atoms with Gasteiger partial charge in [0.15, 0.2) is 0 Å². The van der Waals surface area contributed by atoms with Gasteiger partial charge in [0, 0.05) is 17.1 Å². The lowest BCUT2D eigenvalue weighted by molar-refractivity contribution is 0.424. The molecule has 0 saturated heterocycles. The molecule has 2 N–H and O–H groups in total. The van der Waals surface area contributed by atoms with Crippen molar-refractivity contribution in [3.05, 3.63) is 28.2 Å². The van der Waals surface area contributed by atoms with Crippen LogP contribution in [-0.4, -0.2) is 11.1 Å². The molecule has 0 heterocycles. The fraction of sp³-hybridized carbons (Fsp3) is 0.538. The molecule has 3 heteroatoms. The molecule has 0 aliphatic heterocycles. The third-order valence-electron chi connectivity index (χ3n) is 3.45. The van der Waals surface area contributed by atoms with Crippen molar-refractivity contribution in [3.63, 3.8) is 0 Å². The van der Waals surface area contributed by atoms with Gasteiger partial charge in [-0.1, -0.05) is 29.3 Å². The van der Waals surface area contributed by atoms with Crippen molar-refractivity contribution in [2.45, 2.75) is 38.8 Å². The van der Waals surface area contributed by atoms with Crippen LogP contribution >= 0.6 is 15.9 Å². The summed E-state index contributed by atoms with van der Waals surface area (Å²) in [6.45, 7) is 3.13. The quantitative estimate of drug-likeness (QED) is 0.891. The van der Waals surface area contributed by atoms with E-state index in [1.807, 2.05) is 12.1 Å². The van der Waals surface area contributed by atoms with E-state index in [4.69, 9.17) is 0 Å². The molecular weight excluding hydrogens is 266 g/mol. The minimum Gasteiger partial charge on any atom is -0.508 e. The van der Waals surface area contributed by atoms with Crippen LogP contribution in [0.5, 0.6) is 5.75 Å². The van der Waals surface area contributed by atoms with Crippen LogP contribution in [0.1, 0.15) is 31.7 Å². The zero-order chi connectivity index (χ0) is 11.5. The summed E-state index contributed by atoms with van der Waals surface area (Å²) >= 11 is 3.50. The summed E-state index contributed by atoms with van der Waals surface area (Å²) in [5.41, 5.74) is 1.12. The van der Waals surface area contributed by atoms with Gasteiger partial charge < -0.3 is 10.4 Å². The van der Waals surface area contributed by atoms with Gasteiger partial charge in [-0.2, -0.15) is 0 Å². The Bertz CT molecular complexity index is 367. The van der Waals surface area contributed by atoms with Crippen LogP contribution in [0.3, 0.4) is 0 Å².